The Morgan fingerprint density at radius 2 is 2.13 bits per heavy atom. The lowest BCUT2D eigenvalue weighted by Crippen LogP contribution is -2.17. The van der Waals surface area contributed by atoms with E-state index in [0.717, 1.165) is 29.5 Å². The van der Waals surface area contributed by atoms with Crippen LogP contribution in [-0.4, -0.2) is 16.3 Å². The highest BCUT2D eigenvalue weighted by atomic mass is 35.5. The van der Waals surface area contributed by atoms with Gasteiger partial charge in [-0.25, -0.2) is 0 Å². The van der Waals surface area contributed by atoms with Gasteiger partial charge in [-0.15, -0.1) is 0 Å². The molecule has 3 nitrogen and oxygen atoms in total. The highest BCUT2D eigenvalue weighted by Gasteiger charge is 2.09. The molecule has 0 fully saturated rings. The van der Waals surface area contributed by atoms with Crippen molar-refractivity contribution in [1.29, 1.82) is 0 Å². The van der Waals surface area contributed by atoms with Gasteiger partial charge in [-0.2, -0.15) is 5.10 Å². The van der Waals surface area contributed by atoms with E-state index in [1.165, 1.54) is 19.3 Å². The van der Waals surface area contributed by atoms with Crippen molar-refractivity contribution in [2.75, 3.05) is 6.54 Å². The zero-order chi connectivity index (χ0) is 11.3. The highest BCUT2D eigenvalue weighted by Crippen LogP contribution is 2.18. The van der Waals surface area contributed by atoms with Crippen molar-refractivity contribution in [3.05, 3.63) is 16.4 Å². The first kappa shape index (κ1) is 12.5. The monoisotopic (exact) mass is 229 g/mol. The molecular formula is C11H20ClN3. The molecule has 0 saturated heterocycles. The summed E-state index contributed by atoms with van der Waals surface area (Å²) >= 11 is 6.13. The average molecular weight is 230 g/mol. The van der Waals surface area contributed by atoms with Crippen molar-refractivity contribution >= 4 is 11.6 Å². The number of nitrogens with zero attached hydrogens (tertiary/aromatic N) is 2. The summed E-state index contributed by atoms with van der Waals surface area (Å²) in [6.45, 7) is 6.00. The van der Waals surface area contributed by atoms with Crippen LogP contribution in [0.25, 0.3) is 0 Å². The van der Waals surface area contributed by atoms with Crippen molar-refractivity contribution in [3.8, 4) is 0 Å². The first-order chi connectivity index (χ1) is 7.16. The standard InChI is InChI=1S/C11H20ClN3/c1-4-5-6-7-13-8-10-11(12)9(2)14-15(10)3/h13H,4-8H2,1-3H3. The molecule has 1 rings (SSSR count). The van der Waals surface area contributed by atoms with Gasteiger partial charge < -0.3 is 5.32 Å². The fourth-order valence-corrected chi connectivity index (χ4v) is 1.81. The van der Waals surface area contributed by atoms with Gasteiger partial charge in [0.1, 0.15) is 0 Å². The highest BCUT2D eigenvalue weighted by molar-refractivity contribution is 6.31. The summed E-state index contributed by atoms with van der Waals surface area (Å²) < 4.78 is 1.85. The molecule has 1 aromatic heterocycles. The second kappa shape index (κ2) is 6.13. The van der Waals surface area contributed by atoms with Crippen LogP contribution in [0.4, 0.5) is 0 Å². The lowest BCUT2D eigenvalue weighted by molar-refractivity contribution is 0.588. The number of aromatic nitrogens is 2. The minimum atomic E-state index is 0.792. The minimum Gasteiger partial charge on any atom is -0.311 e. The van der Waals surface area contributed by atoms with Gasteiger partial charge in [0.25, 0.3) is 0 Å². The number of nitrogens with one attached hydrogen (secondary N) is 1. The fourth-order valence-electron chi connectivity index (χ4n) is 1.58. The van der Waals surface area contributed by atoms with E-state index in [2.05, 4.69) is 17.3 Å². The molecule has 0 aromatic carbocycles. The van der Waals surface area contributed by atoms with Gasteiger partial charge in [0.05, 0.1) is 16.4 Å². The Morgan fingerprint density at radius 3 is 2.67 bits per heavy atom. The maximum atomic E-state index is 6.13. The summed E-state index contributed by atoms with van der Waals surface area (Å²) in [5.41, 5.74) is 1.98. The predicted octanol–water partition coefficient (Wildman–Crippen LogP) is 2.66. The van der Waals surface area contributed by atoms with Crippen molar-refractivity contribution in [2.24, 2.45) is 7.05 Å². The Labute approximate surface area is 96.8 Å². The van der Waals surface area contributed by atoms with Crippen LogP contribution < -0.4 is 5.32 Å². The van der Waals surface area contributed by atoms with Crippen LogP contribution in [0.15, 0.2) is 0 Å². The number of halogens is 1. The number of hydrogen-bond donors (Lipinski definition) is 1. The molecule has 1 aromatic rings. The maximum absolute atomic E-state index is 6.13. The third-order valence-electron chi connectivity index (χ3n) is 2.51. The van der Waals surface area contributed by atoms with Crippen LogP contribution in [0.5, 0.6) is 0 Å². The van der Waals surface area contributed by atoms with E-state index < -0.39 is 0 Å². The molecule has 0 aliphatic heterocycles. The van der Waals surface area contributed by atoms with Gasteiger partial charge in [0.15, 0.2) is 0 Å². The molecule has 15 heavy (non-hydrogen) atoms. The molecule has 0 saturated carbocycles. The molecule has 0 aliphatic carbocycles. The summed E-state index contributed by atoms with van der Waals surface area (Å²) in [6.07, 6.45) is 3.77. The largest absolute Gasteiger partial charge is 0.311 e. The van der Waals surface area contributed by atoms with Gasteiger partial charge >= 0.3 is 0 Å². The maximum Gasteiger partial charge on any atom is 0.0860 e. The Hall–Kier alpha value is -0.540. The molecule has 0 amide bonds. The van der Waals surface area contributed by atoms with Crippen molar-refractivity contribution in [3.63, 3.8) is 0 Å². The molecule has 0 unspecified atom stereocenters. The quantitative estimate of drug-likeness (QED) is 0.761. The molecule has 0 spiro atoms. The van der Waals surface area contributed by atoms with E-state index in [0.29, 0.717) is 0 Å². The normalized spacial score (nSPS) is 10.9. The van der Waals surface area contributed by atoms with Gasteiger partial charge in [0.2, 0.25) is 0 Å². The number of hydrogen-bond acceptors (Lipinski definition) is 2. The van der Waals surface area contributed by atoms with Crippen LogP contribution in [-0.2, 0) is 13.6 Å². The average Bonchev–Trinajstić information content (AvgIpc) is 2.44. The summed E-state index contributed by atoms with van der Waals surface area (Å²) in [5, 5.41) is 8.45. The molecule has 1 N–H and O–H groups in total. The lowest BCUT2D eigenvalue weighted by Gasteiger charge is -2.05. The third kappa shape index (κ3) is 3.50. The van der Waals surface area contributed by atoms with Crippen LogP contribution in [0.2, 0.25) is 5.02 Å². The van der Waals surface area contributed by atoms with E-state index in [-0.39, 0.29) is 0 Å². The van der Waals surface area contributed by atoms with Gasteiger partial charge in [-0.1, -0.05) is 31.4 Å². The van der Waals surface area contributed by atoms with E-state index in [4.69, 9.17) is 11.6 Å². The van der Waals surface area contributed by atoms with E-state index in [1.54, 1.807) is 0 Å². The molecule has 0 radical (unpaired) electrons. The number of aryl methyl sites for hydroxylation is 2. The molecule has 4 heteroatoms. The topological polar surface area (TPSA) is 29.9 Å². The summed E-state index contributed by atoms with van der Waals surface area (Å²) in [7, 11) is 1.93. The molecular weight excluding hydrogens is 210 g/mol. The summed E-state index contributed by atoms with van der Waals surface area (Å²) in [5.74, 6) is 0. The Morgan fingerprint density at radius 1 is 1.40 bits per heavy atom. The van der Waals surface area contributed by atoms with E-state index in [1.807, 2.05) is 18.7 Å². The van der Waals surface area contributed by atoms with E-state index >= 15 is 0 Å². The van der Waals surface area contributed by atoms with Crippen molar-refractivity contribution in [2.45, 2.75) is 39.7 Å². The van der Waals surface area contributed by atoms with Crippen molar-refractivity contribution in [1.82, 2.24) is 15.1 Å². The second-order valence-corrected chi connectivity index (χ2v) is 4.23. The van der Waals surface area contributed by atoms with Gasteiger partial charge in [-0.3, -0.25) is 4.68 Å². The minimum absolute atomic E-state index is 0.792. The number of unbranched alkanes of at least 4 members (excludes halogenated alkanes) is 2. The van der Waals surface area contributed by atoms with Crippen LogP contribution in [0.3, 0.4) is 0 Å². The van der Waals surface area contributed by atoms with Crippen LogP contribution >= 0.6 is 11.6 Å². The Kier molecular flexibility index (Phi) is 5.12. The SMILES string of the molecule is CCCCCNCc1c(Cl)c(C)nn1C. The molecule has 0 bridgehead atoms. The molecule has 0 atom stereocenters. The first-order valence-electron chi connectivity index (χ1n) is 5.55. The fraction of sp³-hybridized carbons (Fsp3) is 0.727. The molecule has 86 valence electrons. The Bertz CT molecular complexity index is 307. The van der Waals surface area contributed by atoms with Crippen LogP contribution in [0.1, 0.15) is 37.6 Å². The predicted molar refractivity (Wildman–Crippen MR) is 64.2 cm³/mol. The van der Waals surface area contributed by atoms with Crippen molar-refractivity contribution < 1.29 is 0 Å². The van der Waals surface area contributed by atoms with Gasteiger partial charge in [0, 0.05) is 13.6 Å². The van der Waals surface area contributed by atoms with Gasteiger partial charge in [-0.05, 0) is 19.9 Å². The summed E-state index contributed by atoms with van der Waals surface area (Å²) in [6, 6.07) is 0. The second-order valence-electron chi connectivity index (χ2n) is 3.85. The first-order valence-corrected chi connectivity index (χ1v) is 5.93. The zero-order valence-electron chi connectivity index (χ0n) is 9.81. The van der Waals surface area contributed by atoms with E-state index in [9.17, 15) is 0 Å². The third-order valence-corrected chi connectivity index (χ3v) is 3.00. The van der Waals surface area contributed by atoms with Crippen LogP contribution in [0, 0.1) is 6.92 Å². The molecule has 0 aliphatic rings. The Balaban J connectivity index is 2.37. The zero-order valence-corrected chi connectivity index (χ0v) is 10.6. The molecule has 1 heterocycles. The summed E-state index contributed by atoms with van der Waals surface area (Å²) in [4.78, 5) is 0. The smallest absolute Gasteiger partial charge is 0.0860 e. The number of rotatable bonds is 6. The lowest BCUT2D eigenvalue weighted by atomic mass is 10.2.